The smallest absolute Gasteiger partial charge is 0.0421 e. The second-order valence-corrected chi connectivity index (χ2v) is 6.70. The Labute approximate surface area is 104 Å². The Morgan fingerprint density at radius 2 is 2.00 bits per heavy atom. The van der Waals surface area contributed by atoms with E-state index >= 15 is 0 Å². The van der Waals surface area contributed by atoms with Crippen LogP contribution in [-0.2, 0) is 0 Å². The molecule has 0 bridgehead atoms. The molecule has 0 radical (unpaired) electrons. The van der Waals surface area contributed by atoms with Gasteiger partial charge in [0.25, 0.3) is 0 Å². The highest BCUT2D eigenvalue weighted by Crippen LogP contribution is 2.35. The first-order chi connectivity index (χ1) is 7.93. The van der Waals surface area contributed by atoms with Gasteiger partial charge in [-0.2, -0.15) is 0 Å². The zero-order valence-corrected chi connectivity index (χ0v) is 11.0. The maximum absolute atomic E-state index is 3.62. The van der Waals surface area contributed by atoms with Gasteiger partial charge < -0.3 is 5.32 Å². The van der Waals surface area contributed by atoms with E-state index in [1.54, 1.807) is 0 Å². The van der Waals surface area contributed by atoms with Gasteiger partial charge in [0.15, 0.2) is 0 Å². The molecule has 0 aromatic rings. The molecule has 2 saturated heterocycles. The molecule has 92 valence electrons. The predicted octanol–water partition coefficient (Wildman–Crippen LogP) is 2.30. The van der Waals surface area contributed by atoms with Crippen LogP contribution in [0, 0.1) is 5.92 Å². The molecule has 1 aliphatic carbocycles. The molecule has 2 aliphatic heterocycles. The Balaban J connectivity index is 1.59. The number of thioether (sulfide) groups is 1. The molecule has 1 N–H and O–H groups in total. The lowest BCUT2D eigenvalue weighted by molar-refractivity contribution is 0.0559. The van der Waals surface area contributed by atoms with Gasteiger partial charge >= 0.3 is 0 Å². The monoisotopic (exact) mass is 240 g/mol. The highest BCUT2D eigenvalue weighted by molar-refractivity contribution is 7.99. The van der Waals surface area contributed by atoms with Gasteiger partial charge in [0.1, 0.15) is 0 Å². The number of nitrogens with zero attached hydrogens (tertiary/aromatic N) is 1. The van der Waals surface area contributed by atoms with Crippen LogP contribution in [0.3, 0.4) is 0 Å². The van der Waals surface area contributed by atoms with E-state index in [4.69, 9.17) is 0 Å². The number of nitrogens with one attached hydrogen (secondary N) is 1. The summed E-state index contributed by atoms with van der Waals surface area (Å²) < 4.78 is 0. The van der Waals surface area contributed by atoms with Crippen LogP contribution in [0.2, 0.25) is 0 Å². The summed E-state index contributed by atoms with van der Waals surface area (Å²) in [5, 5.41) is 3.62. The number of rotatable bonds is 2. The van der Waals surface area contributed by atoms with Gasteiger partial charge in [0.2, 0.25) is 0 Å². The molecule has 3 unspecified atom stereocenters. The molecule has 1 saturated carbocycles. The molecule has 3 rings (SSSR count). The van der Waals surface area contributed by atoms with Crippen molar-refractivity contribution >= 4 is 11.8 Å². The summed E-state index contributed by atoms with van der Waals surface area (Å²) >= 11 is 2.06. The van der Waals surface area contributed by atoms with Gasteiger partial charge in [0, 0.05) is 30.3 Å². The summed E-state index contributed by atoms with van der Waals surface area (Å²) in [5.41, 5.74) is 0. The van der Waals surface area contributed by atoms with Crippen molar-refractivity contribution < 1.29 is 0 Å². The van der Waals surface area contributed by atoms with Crippen molar-refractivity contribution in [3.05, 3.63) is 0 Å². The van der Waals surface area contributed by atoms with Crippen molar-refractivity contribution in [3.63, 3.8) is 0 Å². The molecule has 3 atom stereocenters. The minimum absolute atomic E-state index is 0.769. The zero-order chi connectivity index (χ0) is 10.8. The molecule has 3 heteroatoms. The van der Waals surface area contributed by atoms with Crippen LogP contribution in [0.15, 0.2) is 0 Å². The van der Waals surface area contributed by atoms with E-state index in [9.17, 15) is 0 Å². The number of likely N-dealkylation sites (tertiary alicyclic amines) is 1. The first-order valence-electron chi connectivity index (χ1n) is 6.98. The van der Waals surface area contributed by atoms with Gasteiger partial charge in [0.05, 0.1) is 0 Å². The van der Waals surface area contributed by atoms with E-state index in [1.165, 1.54) is 63.2 Å². The SMILES string of the molecule is C1CCC2C(C1)CCCN2CC1CSCN1. The third-order valence-electron chi connectivity index (χ3n) is 4.61. The Morgan fingerprint density at radius 1 is 1.12 bits per heavy atom. The minimum atomic E-state index is 0.769. The molecular weight excluding hydrogens is 216 g/mol. The van der Waals surface area contributed by atoms with Crippen LogP contribution in [0.25, 0.3) is 0 Å². The summed E-state index contributed by atoms with van der Waals surface area (Å²) in [6.07, 6.45) is 8.91. The van der Waals surface area contributed by atoms with Crippen molar-refractivity contribution in [1.29, 1.82) is 0 Å². The third-order valence-corrected chi connectivity index (χ3v) is 5.62. The number of piperidine rings is 1. The normalized spacial score (nSPS) is 40.9. The fourth-order valence-electron chi connectivity index (χ4n) is 3.79. The number of hydrogen-bond donors (Lipinski definition) is 1. The Morgan fingerprint density at radius 3 is 2.88 bits per heavy atom. The van der Waals surface area contributed by atoms with Gasteiger partial charge in [-0.05, 0) is 38.1 Å². The van der Waals surface area contributed by atoms with E-state index < -0.39 is 0 Å². The van der Waals surface area contributed by atoms with E-state index in [2.05, 4.69) is 22.0 Å². The van der Waals surface area contributed by atoms with Crippen LogP contribution in [0.1, 0.15) is 38.5 Å². The average Bonchev–Trinajstić information content (AvgIpc) is 2.82. The van der Waals surface area contributed by atoms with Crippen molar-refractivity contribution in [1.82, 2.24) is 10.2 Å². The maximum Gasteiger partial charge on any atom is 0.0421 e. The fraction of sp³-hybridized carbons (Fsp3) is 1.00. The van der Waals surface area contributed by atoms with Crippen molar-refractivity contribution in [2.45, 2.75) is 50.6 Å². The van der Waals surface area contributed by atoms with Crippen molar-refractivity contribution in [2.24, 2.45) is 5.92 Å². The van der Waals surface area contributed by atoms with Crippen molar-refractivity contribution in [2.75, 3.05) is 24.7 Å². The molecule has 3 fully saturated rings. The molecule has 2 heterocycles. The highest BCUT2D eigenvalue weighted by Gasteiger charge is 2.34. The topological polar surface area (TPSA) is 15.3 Å². The average molecular weight is 240 g/mol. The van der Waals surface area contributed by atoms with Gasteiger partial charge in [-0.3, -0.25) is 4.90 Å². The van der Waals surface area contributed by atoms with E-state index in [0.29, 0.717) is 0 Å². The lowest BCUT2D eigenvalue weighted by atomic mass is 9.78. The summed E-state index contributed by atoms with van der Waals surface area (Å²) in [4.78, 5) is 2.82. The number of fused-ring (bicyclic) bond motifs is 1. The minimum Gasteiger partial charge on any atom is -0.303 e. The highest BCUT2D eigenvalue weighted by atomic mass is 32.2. The molecule has 0 spiro atoms. The van der Waals surface area contributed by atoms with Crippen molar-refractivity contribution in [3.8, 4) is 0 Å². The lowest BCUT2D eigenvalue weighted by Gasteiger charge is -2.45. The van der Waals surface area contributed by atoms with Gasteiger partial charge in [-0.1, -0.05) is 12.8 Å². The molecule has 2 nitrogen and oxygen atoms in total. The zero-order valence-electron chi connectivity index (χ0n) is 10.2. The molecule has 0 aromatic carbocycles. The van der Waals surface area contributed by atoms with Crippen LogP contribution in [0.5, 0.6) is 0 Å². The lowest BCUT2D eigenvalue weighted by Crippen LogP contribution is -2.51. The van der Waals surface area contributed by atoms with E-state index in [-0.39, 0.29) is 0 Å². The van der Waals surface area contributed by atoms with Crippen LogP contribution in [-0.4, -0.2) is 41.7 Å². The summed E-state index contributed by atoms with van der Waals surface area (Å²) in [6.45, 7) is 2.68. The summed E-state index contributed by atoms with van der Waals surface area (Å²) in [7, 11) is 0. The second-order valence-electron chi connectivity index (χ2n) is 5.67. The van der Waals surface area contributed by atoms with Crippen LogP contribution < -0.4 is 5.32 Å². The maximum atomic E-state index is 3.62. The molecule has 3 aliphatic rings. The quantitative estimate of drug-likeness (QED) is 0.797. The Hall–Kier alpha value is 0.270. The largest absolute Gasteiger partial charge is 0.303 e. The Kier molecular flexibility index (Phi) is 3.75. The van der Waals surface area contributed by atoms with Gasteiger partial charge in [-0.15, -0.1) is 11.8 Å². The first-order valence-corrected chi connectivity index (χ1v) is 8.14. The summed E-state index contributed by atoms with van der Waals surface area (Å²) in [5.74, 6) is 3.54. The van der Waals surface area contributed by atoms with Gasteiger partial charge in [-0.25, -0.2) is 0 Å². The fourth-order valence-corrected chi connectivity index (χ4v) is 4.77. The Bertz CT molecular complexity index is 226. The third kappa shape index (κ3) is 2.41. The van der Waals surface area contributed by atoms with Crippen LogP contribution >= 0.6 is 11.8 Å². The standard InChI is InChI=1S/C13H24N2S/c1-2-6-13-11(4-1)5-3-7-15(13)8-12-9-16-10-14-12/h11-14H,1-10H2. The molecule has 0 aromatic heterocycles. The second kappa shape index (κ2) is 5.28. The van der Waals surface area contributed by atoms with E-state index in [0.717, 1.165) is 18.0 Å². The van der Waals surface area contributed by atoms with E-state index in [1.807, 2.05) is 0 Å². The molecular formula is C13H24N2S. The molecule has 16 heavy (non-hydrogen) atoms. The number of hydrogen-bond acceptors (Lipinski definition) is 3. The predicted molar refractivity (Wildman–Crippen MR) is 70.8 cm³/mol. The van der Waals surface area contributed by atoms with Crippen LogP contribution in [0.4, 0.5) is 0 Å². The molecule has 0 amide bonds. The summed E-state index contributed by atoms with van der Waals surface area (Å²) in [6, 6.07) is 1.71. The first kappa shape index (κ1) is 11.4.